The third-order valence-corrected chi connectivity index (χ3v) is 5.03. The van der Waals surface area contributed by atoms with Gasteiger partial charge >= 0.3 is 5.97 Å². The van der Waals surface area contributed by atoms with Gasteiger partial charge in [0.05, 0.1) is 5.37 Å². The maximum Gasteiger partial charge on any atom is 0.327 e. The molecule has 0 bridgehead atoms. The largest absolute Gasteiger partial charge is 0.480 e. The molecule has 0 aromatic carbocycles. The number of amides is 1. The lowest BCUT2D eigenvalue weighted by molar-refractivity contribution is -0.149. The zero-order valence-electron chi connectivity index (χ0n) is 11.0. The molecule has 1 aliphatic heterocycles. The molecule has 2 fully saturated rings. The van der Waals surface area contributed by atoms with Gasteiger partial charge in [-0.2, -0.15) is 0 Å². The van der Waals surface area contributed by atoms with Crippen molar-refractivity contribution in [3.05, 3.63) is 0 Å². The van der Waals surface area contributed by atoms with Gasteiger partial charge in [0.15, 0.2) is 0 Å². The molecule has 102 valence electrons. The molecule has 1 aliphatic carbocycles. The van der Waals surface area contributed by atoms with Gasteiger partial charge in [-0.25, -0.2) is 4.79 Å². The maximum absolute atomic E-state index is 12.3. The van der Waals surface area contributed by atoms with Gasteiger partial charge in [-0.3, -0.25) is 4.79 Å². The summed E-state index contributed by atoms with van der Waals surface area (Å²) in [5.41, 5.74) is 0. The SMILES string of the molecule is CC(C)CCC(=O)N1C(C(=O)O)CSC1C1CC1. The molecule has 0 aromatic rings. The van der Waals surface area contributed by atoms with Crippen molar-refractivity contribution in [1.29, 1.82) is 0 Å². The fraction of sp³-hybridized carbons (Fsp3) is 0.846. The highest BCUT2D eigenvalue weighted by Crippen LogP contribution is 2.45. The van der Waals surface area contributed by atoms with Gasteiger partial charge in [-0.15, -0.1) is 11.8 Å². The van der Waals surface area contributed by atoms with E-state index in [0.717, 1.165) is 19.3 Å². The fourth-order valence-electron chi connectivity index (χ4n) is 2.32. The summed E-state index contributed by atoms with van der Waals surface area (Å²) in [6.45, 7) is 4.16. The van der Waals surface area contributed by atoms with Gasteiger partial charge in [0, 0.05) is 12.2 Å². The Morgan fingerprint density at radius 1 is 1.39 bits per heavy atom. The van der Waals surface area contributed by atoms with Crippen LogP contribution in [-0.4, -0.2) is 39.1 Å². The Hall–Kier alpha value is -0.710. The summed E-state index contributed by atoms with van der Waals surface area (Å²) >= 11 is 1.64. The minimum absolute atomic E-state index is 0.0259. The molecule has 0 radical (unpaired) electrons. The Morgan fingerprint density at radius 2 is 2.06 bits per heavy atom. The van der Waals surface area contributed by atoms with Gasteiger partial charge in [0.1, 0.15) is 6.04 Å². The molecule has 1 N–H and O–H groups in total. The number of carbonyl (C=O) groups is 2. The first-order valence-corrected chi connectivity index (χ1v) is 7.71. The molecule has 2 atom stereocenters. The number of carbonyl (C=O) groups excluding carboxylic acids is 1. The first kappa shape index (κ1) is 13.7. The van der Waals surface area contributed by atoms with Crippen LogP contribution in [0, 0.1) is 11.8 Å². The summed E-state index contributed by atoms with van der Waals surface area (Å²) in [4.78, 5) is 25.2. The number of rotatable bonds is 5. The number of hydrogen-bond acceptors (Lipinski definition) is 3. The van der Waals surface area contributed by atoms with E-state index in [1.54, 1.807) is 16.7 Å². The smallest absolute Gasteiger partial charge is 0.327 e. The second-order valence-electron chi connectivity index (χ2n) is 5.65. The lowest BCUT2D eigenvalue weighted by Gasteiger charge is -2.27. The molecule has 1 amide bonds. The third kappa shape index (κ3) is 2.99. The van der Waals surface area contributed by atoms with Crippen LogP contribution in [0.15, 0.2) is 0 Å². The Bertz CT molecular complexity index is 341. The highest BCUT2D eigenvalue weighted by Gasteiger charge is 2.47. The van der Waals surface area contributed by atoms with E-state index in [9.17, 15) is 14.7 Å². The molecule has 4 nitrogen and oxygen atoms in total. The topological polar surface area (TPSA) is 57.6 Å². The molecule has 18 heavy (non-hydrogen) atoms. The van der Waals surface area contributed by atoms with Crippen molar-refractivity contribution in [3.8, 4) is 0 Å². The molecule has 2 aliphatic rings. The van der Waals surface area contributed by atoms with Gasteiger partial charge in [0.25, 0.3) is 0 Å². The number of aliphatic carboxylic acids is 1. The minimum Gasteiger partial charge on any atom is -0.480 e. The molecule has 1 saturated heterocycles. The first-order chi connectivity index (χ1) is 8.50. The maximum atomic E-state index is 12.3. The normalized spacial score (nSPS) is 27.8. The number of carboxylic acid groups (broad SMARTS) is 1. The average Bonchev–Trinajstić information content (AvgIpc) is 3.04. The minimum atomic E-state index is -0.858. The summed E-state index contributed by atoms with van der Waals surface area (Å²) < 4.78 is 0. The van der Waals surface area contributed by atoms with Crippen LogP contribution in [0.5, 0.6) is 0 Å². The van der Waals surface area contributed by atoms with Gasteiger partial charge in [-0.1, -0.05) is 13.8 Å². The predicted molar refractivity (Wildman–Crippen MR) is 71.3 cm³/mol. The van der Waals surface area contributed by atoms with Gasteiger partial charge < -0.3 is 10.0 Å². The van der Waals surface area contributed by atoms with Crippen molar-refractivity contribution >= 4 is 23.6 Å². The molecular weight excluding hydrogens is 250 g/mol. The van der Waals surface area contributed by atoms with Crippen LogP contribution in [-0.2, 0) is 9.59 Å². The lowest BCUT2D eigenvalue weighted by atomic mass is 10.1. The second-order valence-corrected chi connectivity index (χ2v) is 6.80. The van der Waals surface area contributed by atoms with Gasteiger partial charge in [-0.05, 0) is 31.1 Å². The first-order valence-electron chi connectivity index (χ1n) is 6.66. The third-order valence-electron chi connectivity index (χ3n) is 3.57. The van der Waals surface area contributed by atoms with Crippen LogP contribution in [0.25, 0.3) is 0 Å². The molecule has 0 spiro atoms. The van der Waals surface area contributed by atoms with Crippen LogP contribution >= 0.6 is 11.8 Å². The predicted octanol–water partition coefficient (Wildman–Crippen LogP) is 2.19. The lowest BCUT2D eigenvalue weighted by Crippen LogP contribution is -2.46. The Balaban J connectivity index is 2.03. The highest BCUT2D eigenvalue weighted by molar-refractivity contribution is 8.00. The van der Waals surface area contributed by atoms with E-state index in [4.69, 9.17) is 0 Å². The molecule has 1 heterocycles. The van der Waals surface area contributed by atoms with Crippen molar-refractivity contribution < 1.29 is 14.7 Å². The quantitative estimate of drug-likeness (QED) is 0.832. The molecule has 5 heteroatoms. The van der Waals surface area contributed by atoms with E-state index < -0.39 is 12.0 Å². The number of nitrogens with zero attached hydrogens (tertiary/aromatic N) is 1. The summed E-state index contributed by atoms with van der Waals surface area (Å²) in [7, 11) is 0. The van der Waals surface area contributed by atoms with E-state index in [1.165, 1.54) is 0 Å². The van der Waals surface area contributed by atoms with Crippen molar-refractivity contribution in [3.63, 3.8) is 0 Å². The van der Waals surface area contributed by atoms with Crippen LogP contribution in [0.2, 0.25) is 0 Å². The summed E-state index contributed by atoms with van der Waals surface area (Å²) in [5.74, 6) is 0.722. The van der Waals surface area contributed by atoms with E-state index >= 15 is 0 Å². The second kappa shape index (κ2) is 5.51. The molecule has 2 unspecified atom stereocenters. The zero-order valence-corrected chi connectivity index (χ0v) is 11.8. The Kier molecular flexibility index (Phi) is 4.20. The Morgan fingerprint density at radius 3 is 2.56 bits per heavy atom. The fourth-order valence-corrected chi connectivity index (χ4v) is 3.97. The molecule has 0 aromatic heterocycles. The van der Waals surface area contributed by atoms with E-state index in [0.29, 0.717) is 24.0 Å². The Labute approximate surface area is 112 Å². The zero-order chi connectivity index (χ0) is 13.3. The summed E-state index contributed by atoms with van der Waals surface area (Å²) in [5, 5.41) is 9.34. The van der Waals surface area contributed by atoms with E-state index in [2.05, 4.69) is 13.8 Å². The van der Waals surface area contributed by atoms with E-state index in [-0.39, 0.29) is 11.3 Å². The van der Waals surface area contributed by atoms with Crippen LogP contribution in [0.4, 0.5) is 0 Å². The summed E-state index contributed by atoms with van der Waals surface area (Å²) in [6.07, 6.45) is 3.59. The van der Waals surface area contributed by atoms with Crippen LogP contribution < -0.4 is 0 Å². The van der Waals surface area contributed by atoms with Gasteiger partial charge in [0.2, 0.25) is 5.91 Å². The van der Waals surface area contributed by atoms with Crippen LogP contribution in [0.1, 0.15) is 39.5 Å². The summed E-state index contributed by atoms with van der Waals surface area (Å²) in [6, 6.07) is -0.611. The molecule has 2 rings (SSSR count). The van der Waals surface area contributed by atoms with E-state index in [1.807, 2.05) is 0 Å². The standard InChI is InChI=1S/C13H21NO3S/c1-8(2)3-6-11(15)14-10(13(16)17)7-18-12(14)9-4-5-9/h8-10,12H,3-7H2,1-2H3,(H,16,17). The van der Waals surface area contributed by atoms with Crippen molar-refractivity contribution in [2.24, 2.45) is 11.8 Å². The van der Waals surface area contributed by atoms with Crippen molar-refractivity contribution in [1.82, 2.24) is 4.90 Å². The number of hydrogen-bond donors (Lipinski definition) is 1. The monoisotopic (exact) mass is 271 g/mol. The van der Waals surface area contributed by atoms with Crippen molar-refractivity contribution in [2.75, 3.05) is 5.75 Å². The molecule has 1 saturated carbocycles. The number of carboxylic acids is 1. The molecular formula is C13H21NO3S. The number of thioether (sulfide) groups is 1. The highest BCUT2D eigenvalue weighted by atomic mass is 32.2. The van der Waals surface area contributed by atoms with Crippen molar-refractivity contribution in [2.45, 2.75) is 50.9 Å². The average molecular weight is 271 g/mol. The van der Waals surface area contributed by atoms with Crippen LogP contribution in [0.3, 0.4) is 0 Å².